The van der Waals surface area contributed by atoms with Crippen LogP contribution in [0, 0.1) is 10.1 Å². The first-order valence-corrected chi connectivity index (χ1v) is 9.28. The van der Waals surface area contributed by atoms with Crippen LogP contribution in [0.5, 0.6) is 17.2 Å². The second-order valence-corrected chi connectivity index (χ2v) is 6.77. The van der Waals surface area contributed by atoms with E-state index in [0.29, 0.717) is 23.0 Å². The van der Waals surface area contributed by atoms with E-state index in [2.05, 4.69) is 10.3 Å². The third kappa shape index (κ3) is 4.66. The summed E-state index contributed by atoms with van der Waals surface area (Å²) in [5.74, 6) is -0.663. The largest absolute Gasteiger partial charge is 0.865 e. The van der Waals surface area contributed by atoms with Crippen molar-refractivity contribution in [3.63, 3.8) is 0 Å². The van der Waals surface area contributed by atoms with Crippen LogP contribution in [0.15, 0.2) is 46.3 Å². The van der Waals surface area contributed by atoms with Gasteiger partial charge in [0.25, 0.3) is 11.6 Å². The van der Waals surface area contributed by atoms with Gasteiger partial charge in [-0.1, -0.05) is 0 Å². The molecule has 2 aromatic rings. The van der Waals surface area contributed by atoms with Crippen LogP contribution >= 0.6 is 11.8 Å². The lowest BCUT2D eigenvalue weighted by molar-refractivity contribution is -0.398. The Morgan fingerprint density at radius 1 is 1.28 bits per heavy atom. The predicted octanol–water partition coefficient (Wildman–Crippen LogP) is 2.97. The summed E-state index contributed by atoms with van der Waals surface area (Å²) in [6.45, 7) is 2.45. The maximum absolute atomic E-state index is 12.2. The fourth-order valence-electron chi connectivity index (χ4n) is 2.51. The molecule has 1 aliphatic rings. The van der Waals surface area contributed by atoms with Crippen molar-refractivity contribution < 1.29 is 24.3 Å². The molecule has 29 heavy (non-hydrogen) atoms. The monoisotopic (exact) mass is 414 g/mol. The van der Waals surface area contributed by atoms with E-state index in [9.17, 15) is 20.0 Å². The van der Waals surface area contributed by atoms with Crippen LogP contribution in [0.2, 0.25) is 0 Å². The molecule has 1 heterocycles. The fourth-order valence-corrected chi connectivity index (χ4v) is 3.35. The molecule has 0 saturated carbocycles. The van der Waals surface area contributed by atoms with Gasteiger partial charge in [-0.3, -0.25) is 14.9 Å². The number of aliphatic imine (C=N–C) groups is 1. The average Bonchev–Trinajstić information content (AvgIpc) is 3.03. The Morgan fingerprint density at radius 3 is 2.62 bits per heavy atom. The highest BCUT2D eigenvalue weighted by molar-refractivity contribution is 8.18. The van der Waals surface area contributed by atoms with Gasteiger partial charge in [-0.25, -0.2) is 4.99 Å². The minimum absolute atomic E-state index is 0.169. The Labute approximate surface area is 170 Å². The number of ether oxygens (including phenoxy) is 2. The molecule has 0 bridgehead atoms. The summed E-state index contributed by atoms with van der Waals surface area (Å²) in [6.07, 6.45) is 1.44. The number of amidine groups is 1. The first-order valence-electron chi connectivity index (χ1n) is 8.47. The quantitative estimate of drug-likeness (QED) is 0.437. The summed E-state index contributed by atoms with van der Waals surface area (Å²) in [5.41, 5.74) is 0.307. The summed E-state index contributed by atoms with van der Waals surface area (Å²) >= 11 is 1.09. The third-order valence-electron chi connectivity index (χ3n) is 3.80. The van der Waals surface area contributed by atoms with Gasteiger partial charge in [-0.15, -0.1) is 0 Å². The van der Waals surface area contributed by atoms with E-state index in [4.69, 9.17) is 9.47 Å². The van der Waals surface area contributed by atoms with Crippen LogP contribution in [0.1, 0.15) is 12.5 Å². The van der Waals surface area contributed by atoms with Crippen molar-refractivity contribution in [1.82, 2.24) is 5.32 Å². The Morgan fingerprint density at radius 2 is 2.00 bits per heavy atom. The van der Waals surface area contributed by atoms with Gasteiger partial charge in [0.05, 0.1) is 29.2 Å². The maximum atomic E-state index is 12.2. The minimum atomic E-state index is -0.819. The van der Waals surface area contributed by atoms with Gasteiger partial charge in [0, 0.05) is 11.8 Å². The first-order chi connectivity index (χ1) is 13.9. The van der Waals surface area contributed by atoms with Crippen LogP contribution in [-0.4, -0.2) is 29.7 Å². The molecule has 0 unspecified atom stereocenters. The number of benzene rings is 2. The standard InChI is InChI=1S/C19H17N3O6S/c1-3-28-13-6-4-12(5-7-13)20-19-21-18(24)16(29-19)10-11-8-14(22(25)26)17(23)15(9-11)27-2/h4-10,23H,3H2,1-2H3,(H,20,21,24)/p-1/b16-10+. The number of nitro benzene ring substituents is 1. The molecule has 0 aromatic heterocycles. The van der Waals surface area contributed by atoms with Crippen LogP contribution < -0.4 is 19.9 Å². The molecule has 1 fully saturated rings. The van der Waals surface area contributed by atoms with Crippen molar-refractivity contribution in [2.75, 3.05) is 13.7 Å². The number of carbonyl (C=O) groups is 1. The molecular weight excluding hydrogens is 398 g/mol. The fraction of sp³-hybridized carbons (Fsp3) is 0.158. The van der Waals surface area contributed by atoms with E-state index in [1.54, 1.807) is 24.3 Å². The van der Waals surface area contributed by atoms with Crippen molar-refractivity contribution in [2.45, 2.75) is 6.92 Å². The zero-order chi connectivity index (χ0) is 21.0. The van der Waals surface area contributed by atoms with Crippen molar-refractivity contribution >= 4 is 40.3 Å². The number of hydrogen-bond acceptors (Lipinski definition) is 8. The zero-order valence-corrected chi connectivity index (χ0v) is 16.3. The molecule has 0 aliphatic carbocycles. The van der Waals surface area contributed by atoms with E-state index >= 15 is 0 Å². The van der Waals surface area contributed by atoms with Crippen LogP contribution in [0.3, 0.4) is 0 Å². The SMILES string of the molecule is CCOc1ccc(N=C2NC(=O)/C(=C\c3cc(OC)c([O-])c([N+](=O)[O-])c3)S2)cc1. The number of nitrogens with zero attached hydrogens (tertiary/aromatic N) is 2. The Kier molecular flexibility index (Phi) is 6.03. The number of nitro groups is 1. The van der Waals surface area contributed by atoms with E-state index in [-0.39, 0.29) is 10.7 Å². The van der Waals surface area contributed by atoms with Crippen LogP contribution in [-0.2, 0) is 4.79 Å². The molecule has 1 amide bonds. The summed E-state index contributed by atoms with van der Waals surface area (Å²) in [7, 11) is 1.25. The Bertz CT molecular complexity index is 1020. The highest BCUT2D eigenvalue weighted by Gasteiger charge is 2.24. The zero-order valence-electron chi connectivity index (χ0n) is 15.5. The summed E-state index contributed by atoms with van der Waals surface area (Å²) in [4.78, 5) is 27.2. The number of carbonyl (C=O) groups excluding carboxylic acids is 1. The van der Waals surface area contributed by atoms with Crippen molar-refractivity contribution in [3.05, 3.63) is 57.0 Å². The third-order valence-corrected chi connectivity index (χ3v) is 4.71. The lowest BCUT2D eigenvalue weighted by Crippen LogP contribution is -2.19. The molecule has 1 saturated heterocycles. The molecule has 10 heteroatoms. The van der Waals surface area contributed by atoms with E-state index in [1.165, 1.54) is 19.3 Å². The Hall–Kier alpha value is -3.53. The molecule has 0 spiro atoms. The highest BCUT2D eigenvalue weighted by Crippen LogP contribution is 2.36. The number of nitrogens with one attached hydrogen (secondary N) is 1. The van der Waals surface area contributed by atoms with E-state index in [0.717, 1.165) is 23.6 Å². The summed E-state index contributed by atoms with van der Waals surface area (Å²) < 4.78 is 10.3. The molecule has 9 nitrogen and oxygen atoms in total. The first kappa shape index (κ1) is 20.2. The number of hydrogen-bond donors (Lipinski definition) is 1. The van der Waals surface area contributed by atoms with Crippen LogP contribution in [0.25, 0.3) is 6.08 Å². The van der Waals surface area contributed by atoms with Crippen LogP contribution in [0.4, 0.5) is 11.4 Å². The smallest absolute Gasteiger partial charge is 0.266 e. The van der Waals surface area contributed by atoms with Crippen molar-refractivity contribution in [1.29, 1.82) is 0 Å². The van der Waals surface area contributed by atoms with Gasteiger partial charge in [-0.2, -0.15) is 0 Å². The second kappa shape index (κ2) is 8.65. The van der Waals surface area contributed by atoms with Crippen molar-refractivity contribution in [2.24, 2.45) is 4.99 Å². The van der Waals surface area contributed by atoms with E-state index in [1.807, 2.05) is 6.92 Å². The predicted molar refractivity (Wildman–Crippen MR) is 108 cm³/mol. The van der Waals surface area contributed by atoms with Gasteiger partial charge >= 0.3 is 0 Å². The number of rotatable bonds is 6. The van der Waals surface area contributed by atoms with Gasteiger partial charge in [-0.05, 0) is 60.7 Å². The number of methoxy groups -OCH3 is 1. The van der Waals surface area contributed by atoms with Gasteiger partial charge in [0.1, 0.15) is 11.5 Å². The summed E-state index contributed by atoms with van der Waals surface area (Å²) in [6, 6.07) is 9.51. The molecule has 0 atom stereocenters. The lowest BCUT2D eigenvalue weighted by atomic mass is 10.1. The number of amides is 1. The topological polar surface area (TPSA) is 126 Å². The molecule has 3 rings (SSSR count). The van der Waals surface area contributed by atoms with Gasteiger partial charge < -0.3 is 19.9 Å². The van der Waals surface area contributed by atoms with Gasteiger partial charge in [0.2, 0.25) is 0 Å². The van der Waals surface area contributed by atoms with E-state index < -0.39 is 22.3 Å². The summed E-state index contributed by atoms with van der Waals surface area (Å²) in [5, 5.41) is 26.0. The lowest BCUT2D eigenvalue weighted by Gasteiger charge is -2.13. The molecule has 1 aliphatic heterocycles. The molecular formula is C19H16N3O6S-. The highest BCUT2D eigenvalue weighted by atomic mass is 32.2. The molecule has 0 radical (unpaired) electrons. The van der Waals surface area contributed by atoms with Crippen molar-refractivity contribution in [3.8, 4) is 17.2 Å². The average molecular weight is 414 g/mol. The maximum Gasteiger partial charge on any atom is 0.266 e. The normalized spacial score (nSPS) is 16.1. The number of thioether (sulfide) groups is 1. The Balaban J connectivity index is 1.85. The minimum Gasteiger partial charge on any atom is -0.865 e. The molecule has 2 aromatic carbocycles. The van der Waals surface area contributed by atoms with Gasteiger partial charge in [0.15, 0.2) is 5.17 Å². The molecule has 1 N–H and O–H groups in total. The second-order valence-electron chi connectivity index (χ2n) is 5.74. The molecule has 150 valence electrons.